The first-order valence-electron chi connectivity index (χ1n) is 10.2. The lowest BCUT2D eigenvalue weighted by Gasteiger charge is -2.39. The second-order valence-corrected chi connectivity index (χ2v) is 8.04. The maximum atomic E-state index is 8.93. The molecule has 2 saturated heterocycles. The molecule has 0 aromatic carbocycles. The monoisotopic (exact) mass is 391 g/mol. The number of anilines is 3. The van der Waals surface area contributed by atoms with Crippen LogP contribution in [0.4, 0.5) is 17.5 Å². The topological polar surface area (TPSA) is 110 Å². The minimum Gasteiger partial charge on any atom is -0.364 e. The molecule has 2 bridgehead atoms. The molecule has 2 aliphatic rings. The average molecular weight is 391 g/mol. The van der Waals surface area contributed by atoms with Crippen molar-refractivity contribution in [3.63, 3.8) is 0 Å². The highest BCUT2D eigenvalue weighted by Gasteiger charge is 2.40. The Morgan fingerprint density at radius 2 is 2.10 bits per heavy atom. The number of piperidine rings is 1. The molecular weight excluding hydrogens is 366 g/mol. The number of aromatic nitrogens is 5. The van der Waals surface area contributed by atoms with E-state index in [-0.39, 0.29) is 0 Å². The highest BCUT2D eigenvalue weighted by molar-refractivity contribution is 5.67. The van der Waals surface area contributed by atoms with Gasteiger partial charge in [-0.15, -0.1) is 0 Å². The molecule has 2 fully saturated rings. The van der Waals surface area contributed by atoms with Crippen molar-refractivity contribution >= 4 is 23.1 Å². The summed E-state index contributed by atoms with van der Waals surface area (Å²) in [7, 11) is 0. The minimum atomic E-state index is 0.363. The number of nitrogens with zero attached hydrogens (tertiary/aromatic N) is 6. The maximum absolute atomic E-state index is 8.93. The van der Waals surface area contributed by atoms with Gasteiger partial charge in [-0.25, -0.2) is 9.97 Å². The number of imidazole rings is 1. The largest absolute Gasteiger partial charge is 0.364 e. The van der Waals surface area contributed by atoms with Gasteiger partial charge in [0.1, 0.15) is 0 Å². The molecule has 0 spiro atoms. The van der Waals surface area contributed by atoms with Crippen molar-refractivity contribution in [2.45, 2.75) is 57.2 Å². The number of hydrogen-bond acceptors (Lipinski definition) is 7. The Bertz CT molecular complexity index is 1030. The van der Waals surface area contributed by atoms with E-state index in [1.165, 1.54) is 12.8 Å². The van der Waals surface area contributed by atoms with Gasteiger partial charge in [0.05, 0.1) is 12.3 Å². The van der Waals surface area contributed by atoms with E-state index in [0.717, 1.165) is 48.2 Å². The van der Waals surface area contributed by atoms with Crippen molar-refractivity contribution in [3.8, 4) is 6.07 Å². The van der Waals surface area contributed by atoms with Crippen LogP contribution in [-0.4, -0.2) is 54.1 Å². The molecule has 0 radical (unpaired) electrons. The molecule has 150 valence electrons. The minimum absolute atomic E-state index is 0.363. The lowest BCUT2D eigenvalue weighted by Crippen LogP contribution is -2.47. The molecular formula is C20H25N9. The fraction of sp³-hybridized carbons (Fsp3) is 0.500. The van der Waals surface area contributed by atoms with Crippen LogP contribution in [0.2, 0.25) is 0 Å². The average Bonchev–Trinajstić information content (AvgIpc) is 3.39. The Morgan fingerprint density at radius 3 is 2.83 bits per heavy atom. The first kappa shape index (κ1) is 17.9. The van der Waals surface area contributed by atoms with Gasteiger partial charge < -0.3 is 15.0 Å². The van der Waals surface area contributed by atoms with Crippen molar-refractivity contribution in [2.75, 3.05) is 17.2 Å². The summed E-state index contributed by atoms with van der Waals surface area (Å²) in [5.41, 5.74) is 1.82. The summed E-state index contributed by atoms with van der Waals surface area (Å²) in [6, 6.07) is 5.71. The molecule has 2 aliphatic heterocycles. The molecule has 3 atom stereocenters. The van der Waals surface area contributed by atoms with Gasteiger partial charge in [-0.3, -0.25) is 10.00 Å². The molecule has 5 rings (SSSR count). The van der Waals surface area contributed by atoms with E-state index in [1.807, 2.05) is 29.8 Å². The second kappa shape index (κ2) is 7.37. The molecule has 0 saturated carbocycles. The van der Waals surface area contributed by atoms with Gasteiger partial charge in [-0.1, -0.05) is 0 Å². The van der Waals surface area contributed by atoms with Crippen molar-refractivity contribution in [3.05, 3.63) is 30.4 Å². The maximum Gasteiger partial charge on any atom is 0.180 e. The van der Waals surface area contributed by atoms with Crippen LogP contribution in [0.15, 0.2) is 24.7 Å². The fourth-order valence-electron chi connectivity index (χ4n) is 4.83. The number of rotatable bonds is 6. The lowest BCUT2D eigenvalue weighted by atomic mass is 9.97. The number of hydrogen-bond donors (Lipinski definition) is 3. The van der Waals surface area contributed by atoms with Crippen LogP contribution < -0.4 is 10.6 Å². The Kier molecular flexibility index (Phi) is 4.56. The Morgan fingerprint density at radius 1 is 1.28 bits per heavy atom. The smallest absolute Gasteiger partial charge is 0.180 e. The van der Waals surface area contributed by atoms with Gasteiger partial charge in [0.2, 0.25) is 0 Å². The number of nitrogens with one attached hydrogen (secondary N) is 3. The van der Waals surface area contributed by atoms with E-state index >= 15 is 0 Å². The van der Waals surface area contributed by atoms with Crippen molar-refractivity contribution < 1.29 is 0 Å². The number of aryl methyl sites for hydroxylation is 1. The Balaban J connectivity index is 1.35. The van der Waals surface area contributed by atoms with Crippen LogP contribution in [0, 0.1) is 18.3 Å². The fourth-order valence-corrected chi connectivity index (χ4v) is 4.83. The Labute approximate surface area is 169 Å². The third kappa shape index (κ3) is 3.51. The first-order valence-corrected chi connectivity index (χ1v) is 10.2. The standard InChI is InChI=1S/C20H25N9/c1-13-9-17(27-26-13)24-18-12-28-8-6-22-20(28)19(25-18)23-14-10-15-3-4-16(11-14)29(15)7-2-5-21/h6,8-9,12,14-16H,2-4,7,10-11H2,1H3,(H,23,25)(H2,24,26,27)/t14?,15-,16+. The molecule has 3 N–H and O–H groups in total. The van der Waals surface area contributed by atoms with Crippen molar-refractivity contribution in [1.29, 1.82) is 5.26 Å². The van der Waals surface area contributed by atoms with E-state index < -0.39 is 0 Å². The summed E-state index contributed by atoms with van der Waals surface area (Å²) in [6.45, 7) is 2.86. The van der Waals surface area contributed by atoms with Crippen molar-refractivity contribution in [2.24, 2.45) is 0 Å². The third-order valence-corrected chi connectivity index (χ3v) is 6.04. The zero-order valence-corrected chi connectivity index (χ0v) is 16.5. The molecule has 29 heavy (non-hydrogen) atoms. The number of nitriles is 1. The zero-order valence-electron chi connectivity index (χ0n) is 16.5. The summed E-state index contributed by atoms with van der Waals surface area (Å²) in [5, 5.41) is 23.0. The highest BCUT2D eigenvalue weighted by Crippen LogP contribution is 2.37. The van der Waals surface area contributed by atoms with Crippen LogP contribution in [-0.2, 0) is 0 Å². The molecule has 0 aliphatic carbocycles. The van der Waals surface area contributed by atoms with E-state index in [2.05, 4.69) is 36.8 Å². The zero-order chi connectivity index (χ0) is 19.8. The highest BCUT2D eigenvalue weighted by atomic mass is 15.2. The van der Waals surface area contributed by atoms with Crippen molar-refractivity contribution in [1.82, 2.24) is 29.5 Å². The van der Waals surface area contributed by atoms with Gasteiger partial charge in [-0.05, 0) is 32.6 Å². The van der Waals surface area contributed by atoms with E-state index in [4.69, 9.17) is 10.2 Å². The number of H-pyrrole nitrogens is 1. The summed E-state index contributed by atoms with van der Waals surface area (Å²) >= 11 is 0. The summed E-state index contributed by atoms with van der Waals surface area (Å²) < 4.78 is 1.98. The third-order valence-electron chi connectivity index (χ3n) is 6.04. The summed E-state index contributed by atoms with van der Waals surface area (Å²) in [4.78, 5) is 11.8. The second-order valence-electron chi connectivity index (χ2n) is 8.04. The summed E-state index contributed by atoms with van der Waals surface area (Å²) in [5.74, 6) is 2.25. The normalized spacial score (nSPS) is 23.9. The number of fused-ring (bicyclic) bond motifs is 3. The van der Waals surface area contributed by atoms with Gasteiger partial charge in [-0.2, -0.15) is 10.4 Å². The molecule has 0 amide bonds. The Hall–Kier alpha value is -3.12. The van der Waals surface area contributed by atoms with Gasteiger partial charge >= 0.3 is 0 Å². The SMILES string of the molecule is Cc1cc(Nc2cn3ccnc3c(NC3C[C@H]4CC[C@@H](C3)N4CCC#N)n2)n[nH]1. The predicted molar refractivity (Wildman–Crippen MR) is 110 cm³/mol. The molecule has 1 unspecified atom stereocenters. The first-order chi connectivity index (χ1) is 14.2. The molecule has 3 aromatic heterocycles. The predicted octanol–water partition coefficient (Wildman–Crippen LogP) is 2.83. The van der Waals surface area contributed by atoms with E-state index in [0.29, 0.717) is 24.5 Å². The van der Waals surface area contributed by atoms with E-state index in [1.54, 1.807) is 6.20 Å². The quantitative estimate of drug-likeness (QED) is 0.593. The van der Waals surface area contributed by atoms with Gasteiger partial charge in [0, 0.05) is 55.2 Å². The molecule has 9 heteroatoms. The summed E-state index contributed by atoms with van der Waals surface area (Å²) in [6.07, 6.45) is 10.9. The van der Waals surface area contributed by atoms with Crippen LogP contribution >= 0.6 is 0 Å². The van der Waals surface area contributed by atoms with Gasteiger partial charge in [0.15, 0.2) is 23.1 Å². The van der Waals surface area contributed by atoms with E-state index in [9.17, 15) is 0 Å². The van der Waals surface area contributed by atoms with Crippen LogP contribution in [0.25, 0.3) is 5.65 Å². The molecule has 5 heterocycles. The van der Waals surface area contributed by atoms with Crippen LogP contribution in [0.1, 0.15) is 37.8 Å². The molecule has 9 nitrogen and oxygen atoms in total. The number of aromatic amines is 1. The van der Waals surface area contributed by atoms with Crippen LogP contribution in [0.5, 0.6) is 0 Å². The lowest BCUT2D eigenvalue weighted by molar-refractivity contribution is 0.136. The molecule has 3 aromatic rings. The van der Waals surface area contributed by atoms with Gasteiger partial charge in [0.25, 0.3) is 0 Å². The van der Waals surface area contributed by atoms with Crippen LogP contribution in [0.3, 0.4) is 0 Å².